The molecule has 0 heterocycles. The highest BCUT2D eigenvalue weighted by Gasteiger charge is 2.13. The Morgan fingerprint density at radius 1 is 0.667 bits per heavy atom. The number of benzene rings is 3. The average molecular weight is 657 g/mol. The standard InChI is InChI=1S/C38H40O10/c1-4-31(39)11-7-6-8-24-46-38(43)48-32-18-16-30(17-19-32)37(42)47-33-20-21-34(27(3)25-33)29-14-12-28(13-15-29)26-36(41)45-23-10-9-22-44-35(40)5-2/h4-5,12-21,25H,1-2,6-11,22-24,26H2,3H3. The summed E-state index contributed by atoms with van der Waals surface area (Å²) in [7, 11) is 0. The molecule has 10 heteroatoms. The first-order valence-electron chi connectivity index (χ1n) is 15.7. The summed E-state index contributed by atoms with van der Waals surface area (Å²) < 4.78 is 25.9. The van der Waals surface area contributed by atoms with Crippen LogP contribution in [0.15, 0.2) is 92.0 Å². The van der Waals surface area contributed by atoms with Gasteiger partial charge in [-0.05, 0) is 104 Å². The van der Waals surface area contributed by atoms with Gasteiger partial charge in [0.05, 0.1) is 31.8 Å². The van der Waals surface area contributed by atoms with Gasteiger partial charge in [0.2, 0.25) is 0 Å². The molecule has 0 aliphatic carbocycles. The number of esters is 3. The highest BCUT2D eigenvalue weighted by atomic mass is 16.7. The average Bonchev–Trinajstić information content (AvgIpc) is 3.08. The van der Waals surface area contributed by atoms with E-state index in [1.165, 1.54) is 30.3 Å². The van der Waals surface area contributed by atoms with E-state index < -0.39 is 18.1 Å². The highest BCUT2D eigenvalue weighted by Crippen LogP contribution is 2.28. The molecule has 3 rings (SSSR count). The lowest BCUT2D eigenvalue weighted by Crippen LogP contribution is -2.12. The monoisotopic (exact) mass is 656 g/mol. The molecule has 10 nitrogen and oxygen atoms in total. The van der Waals surface area contributed by atoms with Gasteiger partial charge in [0.1, 0.15) is 11.5 Å². The molecule has 252 valence electrons. The molecule has 0 amide bonds. The SMILES string of the molecule is C=CC(=O)CCCCCOC(=O)Oc1ccc(C(=O)Oc2ccc(-c3ccc(CC(=O)OCCCCOC(=O)C=C)cc3)c(C)c2)cc1. The van der Waals surface area contributed by atoms with E-state index in [0.717, 1.165) is 34.8 Å². The summed E-state index contributed by atoms with van der Waals surface area (Å²) in [5, 5.41) is 0. The summed E-state index contributed by atoms with van der Waals surface area (Å²) in [4.78, 5) is 59.1. The summed E-state index contributed by atoms with van der Waals surface area (Å²) in [5.74, 6) is -0.799. The molecule has 0 aliphatic rings. The number of unbranched alkanes of at least 4 members (excludes halogenated alkanes) is 3. The largest absolute Gasteiger partial charge is 0.513 e. The topological polar surface area (TPSA) is 132 Å². The maximum Gasteiger partial charge on any atom is 0.513 e. The van der Waals surface area contributed by atoms with Crippen molar-refractivity contribution < 1.29 is 47.7 Å². The fourth-order valence-electron chi connectivity index (χ4n) is 4.45. The van der Waals surface area contributed by atoms with Crippen LogP contribution in [0.2, 0.25) is 0 Å². The maximum atomic E-state index is 12.7. The molecule has 0 fully saturated rings. The number of allylic oxidation sites excluding steroid dienone is 1. The van der Waals surface area contributed by atoms with Gasteiger partial charge in [0.25, 0.3) is 0 Å². The summed E-state index contributed by atoms with van der Waals surface area (Å²) in [6, 6.07) is 18.8. The molecule has 48 heavy (non-hydrogen) atoms. The molecule has 3 aromatic carbocycles. The first kappa shape index (κ1) is 37.0. The predicted octanol–water partition coefficient (Wildman–Crippen LogP) is 7.31. The minimum absolute atomic E-state index is 0.00903. The quantitative estimate of drug-likeness (QED) is 0.0323. The van der Waals surface area contributed by atoms with Crippen LogP contribution in [0.3, 0.4) is 0 Å². The second kappa shape index (κ2) is 19.9. The lowest BCUT2D eigenvalue weighted by molar-refractivity contribution is -0.143. The van der Waals surface area contributed by atoms with Gasteiger partial charge in [-0.15, -0.1) is 0 Å². The molecule has 0 bridgehead atoms. The number of ketones is 1. The van der Waals surface area contributed by atoms with Gasteiger partial charge >= 0.3 is 24.1 Å². The Kier molecular flexibility index (Phi) is 15.3. The number of hydrogen-bond donors (Lipinski definition) is 0. The summed E-state index contributed by atoms with van der Waals surface area (Å²) >= 11 is 0. The Hall–Kier alpha value is -5.51. The molecule has 0 aromatic heterocycles. The summed E-state index contributed by atoms with van der Waals surface area (Å²) in [6.45, 7) is 9.34. The van der Waals surface area contributed by atoms with Crippen LogP contribution in [0.25, 0.3) is 11.1 Å². The first-order chi connectivity index (χ1) is 23.2. The van der Waals surface area contributed by atoms with Crippen LogP contribution < -0.4 is 9.47 Å². The van der Waals surface area contributed by atoms with Gasteiger partial charge in [-0.1, -0.05) is 43.5 Å². The number of hydrogen-bond acceptors (Lipinski definition) is 10. The van der Waals surface area contributed by atoms with Crippen molar-refractivity contribution in [2.24, 2.45) is 0 Å². The van der Waals surface area contributed by atoms with Crippen LogP contribution in [-0.2, 0) is 35.0 Å². The smallest absolute Gasteiger partial charge is 0.465 e. The van der Waals surface area contributed by atoms with Crippen molar-refractivity contribution in [1.29, 1.82) is 0 Å². The van der Waals surface area contributed by atoms with Crippen molar-refractivity contribution >= 4 is 29.8 Å². The normalized spacial score (nSPS) is 10.4. The molecular formula is C38H40O10. The Morgan fingerprint density at radius 3 is 1.98 bits per heavy atom. The number of carbonyl (C=O) groups is 5. The van der Waals surface area contributed by atoms with E-state index in [4.69, 9.17) is 23.7 Å². The second-order valence-corrected chi connectivity index (χ2v) is 10.7. The lowest BCUT2D eigenvalue weighted by Gasteiger charge is -2.11. The lowest BCUT2D eigenvalue weighted by atomic mass is 9.98. The van der Waals surface area contributed by atoms with E-state index in [9.17, 15) is 24.0 Å². The van der Waals surface area contributed by atoms with Gasteiger partial charge in [0.15, 0.2) is 5.78 Å². The Labute approximate surface area is 280 Å². The highest BCUT2D eigenvalue weighted by molar-refractivity contribution is 5.91. The van der Waals surface area contributed by atoms with E-state index in [1.807, 2.05) is 37.3 Å². The van der Waals surface area contributed by atoms with Gasteiger partial charge < -0.3 is 23.7 Å². The number of aryl methyl sites for hydroxylation is 1. The van der Waals surface area contributed by atoms with Crippen molar-refractivity contribution in [3.63, 3.8) is 0 Å². The van der Waals surface area contributed by atoms with Crippen molar-refractivity contribution in [1.82, 2.24) is 0 Å². The second-order valence-electron chi connectivity index (χ2n) is 10.7. The Bertz CT molecular complexity index is 1570. The van der Waals surface area contributed by atoms with Crippen LogP contribution in [-0.4, -0.2) is 49.7 Å². The van der Waals surface area contributed by atoms with Crippen molar-refractivity contribution in [3.05, 3.63) is 109 Å². The van der Waals surface area contributed by atoms with Crippen LogP contribution >= 0.6 is 0 Å². The Morgan fingerprint density at radius 2 is 1.31 bits per heavy atom. The van der Waals surface area contributed by atoms with Gasteiger partial charge in [0, 0.05) is 12.5 Å². The number of rotatable bonds is 19. The Balaban J connectivity index is 1.42. The van der Waals surface area contributed by atoms with Crippen LogP contribution in [0.4, 0.5) is 4.79 Å². The van der Waals surface area contributed by atoms with Crippen LogP contribution in [0.1, 0.15) is 60.0 Å². The van der Waals surface area contributed by atoms with E-state index >= 15 is 0 Å². The van der Waals surface area contributed by atoms with Crippen molar-refractivity contribution in [3.8, 4) is 22.6 Å². The minimum Gasteiger partial charge on any atom is -0.465 e. The van der Waals surface area contributed by atoms with Crippen LogP contribution in [0.5, 0.6) is 11.5 Å². The van der Waals surface area contributed by atoms with Gasteiger partial charge in [-0.25, -0.2) is 14.4 Å². The number of ether oxygens (including phenoxy) is 5. The minimum atomic E-state index is -0.853. The van der Waals surface area contributed by atoms with Gasteiger partial charge in [-0.3, -0.25) is 9.59 Å². The molecule has 0 unspecified atom stereocenters. The predicted molar refractivity (Wildman–Crippen MR) is 179 cm³/mol. The van der Waals surface area contributed by atoms with Crippen LogP contribution in [0, 0.1) is 6.92 Å². The molecule has 0 spiro atoms. The zero-order valence-corrected chi connectivity index (χ0v) is 27.1. The molecule has 0 radical (unpaired) electrons. The maximum absolute atomic E-state index is 12.7. The summed E-state index contributed by atoms with van der Waals surface area (Å²) in [5.41, 5.74) is 3.85. The van der Waals surface area contributed by atoms with E-state index in [0.29, 0.717) is 37.9 Å². The zero-order chi connectivity index (χ0) is 34.7. The summed E-state index contributed by atoms with van der Waals surface area (Å²) in [6.07, 6.45) is 5.33. The number of carbonyl (C=O) groups excluding carboxylic acids is 5. The first-order valence-corrected chi connectivity index (χ1v) is 15.7. The molecule has 0 atom stereocenters. The van der Waals surface area contributed by atoms with Gasteiger partial charge in [-0.2, -0.15) is 0 Å². The fourth-order valence-corrected chi connectivity index (χ4v) is 4.45. The molecule has 0 saturated heterocycles. The zero-order valence-electron chi connectivity index (χ0n) is 27.1. The third-order valence-electron chi connectivity index (χ3n) is 7.04. The molecule has 0 N–H and O–H groups in total. The van der Waals surface area contributed by atoms with E-state index in [2.05, 4.69) is 13.2 Å². The van der Waals surface area contributed by atoms with Crippen molar-refractivity contribution in [2.45, 2.75) is 51.9 Å². The van der Waals surface area contributed by atoms with E-state index in [1.54, 1.807) is 12.1 Å². The third kappa shape index (κ3) is 13.1. The van der Waals surface area contributed by atoms with E-state index in [-0.39, 0.29) is 49.3 Å². The third-order valence-corrected chi connectivity index (χ3v) is 7.04. The molecule has 3 aromatic rings. The fraction of sp³-hybridized carbons (Fsp3) is 0.289. The van der Waals surface area contributed by atoms with Crippen molar-refractivity contribution in [2.75, 3.05) is 19.8 Å². The molecular weight excluding hydrogens is 616 g/mol. The molecule has 0 saturated carbocycles. The molecule has 0 aliphatic heterocycles.